The van der Waals surface area contributed by atoms with Crippen molar-refractivity contribution in [2.75, 3.05) is 19.5 Å². The summed E-state index contributed by atoms with van der Waals surface area (Å²) < 4.78 is 11.7. The number of nitrogens with zero attached hydrogens (tertiary/aromatic N) is 2. The molecule has 106 valence electrons. The fourth-order valence-electron chi connectivity index (χ4n) is 1.29. The molecule has 0 radical (unpaired) electrons. The number of rotatable bonds is 4. The van der Waals surface area contributed by atoms with Gasteiger partial charge in [-0.15, -0.1) is 11.3 Å². The molecule has 0 saturated carbocycles. The van der Waals surface area contributed by atoms with E-state index < -0.39 is 0 Å². The van der Waals surface area contributed by atoms with Gasteiger partial charge in [0.2, 0.25) is 17.7 Å². The normalized spacial score (nSPS) is 10.2. The van der Waals surface area contributed by atoms with Crippen LogP contribution in [0.3, 0.4) is 0 Å². The molecule has 0 aliphatic carbocycles. The SMILES string of the molecule is COc1cc(OC)nc(NC(=O)c2cc(Br)c(Br)s2)n1. The van der Waals surface area contributed by atoms with Gasteiger partial charge in [0.15, 0.2) is 0 Å². The molecule has 2 aromatic rings. The lowest BCUT2D eigenvalue weighted by Gasteiger charge is -2.06. The molecule has 2 aromatic heterocycles. The third kappa shape index (κ3) is 3.47. The number of thiophene rings is 1. The molecule has 0 unspecified atom stereocenters. The second-order valence-corrected chi connectivity index (χ2v) is 6.69. The molecule has 1 amide bonds. The zero-order valence-corrected chi connectivity index (χ0v) is 14.4. The van der Waals surface area contributed by atoms with Crippen LogP contribution < -0.4 is 14.8 Å². The molecular formula is C11H9Br2N3O3S. The van der Waals surface area contributed by atoms with E-state index in [-0.39, 0.29) is 11.9 Å². The summed E-state index contributed by atoms with van der Waals surface area (Å²) >= 11 is 7.96. The molecule has 20 heavy (non-hydrogen) atoms. The number of anilines is 1. The zero-order valence-electron chi connectivity index (χ0n) is 10.4. The van der Waals surface area contributed by atoms with Gasteiger partial charge in [-0.25, -0.2) is 0 Å². The van der Waals surface area contributed by atoms with E-state index >= 15 is 0 Å². The van der Waals surface area contributed by atoms with Gasteiger partial charge in [-0.2, -0.15) is 9.97 Å². The van der Waals surface area contributed by atoms with Gasteiger partial charge in [0.1, 0.15) is 0 Å². The lowest BCUT2D eigenvalue weighted by molar-refractivity contribution is 0.102. The zero-order chi connectivity index (χ0) is 14.7. The molecule has 0 spiro atoms. The molecule has 2 rings (SSSR count). The Labute approximate surface area is 135 Å². The molecule has 0 aliphatic rings. The predicted octanol–water partition coefficient (Wildman–Crippen LogP) is 3.33. The summed E-state index contributed by atoms with van der Waals surface area (Å²) in [4.78, 5) is 20.7. The summed E-state index contributed by atoms with van der Waals surface area (Å²) in [5, 5.41) is 2.60. The van der Waals surface area contributed by atoms with Crippen molar-refractivity contribution in [3.05, 3.63) is 25.3 Å². The molecule has 0 fully saturated rings. The van der Waals surface area contributed by atoms with Crippen LogP contribution in [0.1, 0.15) is 9.67 Å². The van der Waals surface area contributed by atoms with Crippen molar-refractivity contribution in [1.82, 2.24) is 9.97 Å². The van der Waals surface area contributed by atoms with Crippen molar-refractivity contribution in [2.45, 2.75) is 0 Å². The minimum Gasteiger partial charge on any atom is -0.481 e. The van der Waals surface area contributed by atoms with Crippen LogP contribution >= 0.6 is 43.2 Å². The molecule has 2 heterocycles. The Morgan fingerprint density at radius 1 is 1.20 bits per heavy atom. The average Bonchev–Trinajstić information content (AvgIpc) is 2.78. The number of methoxy groups -OCH3 is 2. The second kappa shape index (κ2) is 6.51. The van der Waals surface area contributed by atoms with Crippen molar-refractivity contribution in [3.8, 4) is 11.8 Å². The van der Waals surface area contributed by atoms with Crippen LogP contribution in [0.25, 0.3) is 0 Å². The van der Waals surface area contributed by atoms with Gasteiger partial charge >= 0.3 is 0 Å². The summed E-state index contributed by atoms with van der Waals surface area (Å²) in [6.07, 6.45) is 0. The number of nitrogens with one attached hydrogen (secondary N) is 1. The number of hydrogen-bond donors (Lipinski definition) is 1. The van der Waals surface area contributed by atoms with Gasteiger partial charge in [-0.05, 0) is 37.9 Å². The van der Waals surface area contributed by atoms with E-state index in [9.17, 15) is 4.79 Å². The maximum absolute atomic E-state index is 12.1. The molecule has 0 bridgehead atoms. The summed E-state index contributed by atoms with van der Waals surface area (Å²) in [5.41, 5.74) is 0. The fraction of sp³-hybridized carbons (Fsp3) is 0.182. The Hall–Kier alpha value is -1.19. The van der Waals surface area contributed by atoms with Crippen LogP contribution in [0.5, 0.6) is 11.8 Å². The van der Waals surface area contributed by atoms with Crippen LogP contribution in [0.4, 0.5) is 5.95 Å². The summed E-state index contributed by atoms with van der Waals surface area (Å²) in [6, 6.07) is 3.23. The van der Waals surface area contributed by atoms with Gasteiger partial charge in [0.25, 0.3) is 5.91 Å². The van der Waals surface area contributed by atoms with Gasteiger partial charge in [0, 0.05) is 4.47 Å². The highest BCUT2D eigenvalue weighted by atomic mass is 79.9. The Kier molecular flexibility index (Phi) is 4.95. The Balaban J connectivity index is 2.22. The van der Waals surface area contributed by atoms with Crippen LogP contribution in [0, 0.1) is 0 Å². The molecule has 6 nitrogen and oxygen atoms in total. The Morgan fingerprint density at radius 2 is 1.80 bits per heavy atom. The quantitative estimate of drug-likeness (QED) is 0.817. The van der Waals surface area contributed by atoms with Gasteiger partial charge < -0.3 is 9.47 Å². The van der Waals surface area contributed by atoms with E-state index in [0.29, 0.717) is 16.6 Å². The highest BCUT2D eigenvalue weighted by Crippen LogP contribution is 2.32. The van der Waals surface area contributed by atoms with Crippen LogP contribution in [-0.4, -0.2) is 30.1 Å². The van der Waals surface area contributed by atoms with Crippen molar-refractivity contribution in [1.29, 1.82) is 0 Å². The molecule has 0 atom stereocenters. The Morgan fingerprint density at radius 3 is 2.25 bits per heavy atom. The fourth-order valence-corrected chi connectivity index (χ4v) is 3.22. The minimum atomic E-state index is -0.309. The first-order chi connectivity index (χ1) is 9.53. The van der Waals surface area contributed by atoms with Crippen molar-refractivity contribution in [3.63, 3.8) is 0 Å². The average molecular weight is 423 g/mol. The molecule has 1 N–H and O–H groups in total. The van der Waals surface area contributed by atoms with E-state index in [0.717, 1.165) is 8.26 Å². The standard InChI is InChI=1S/C11H9Br2N3O3S/c1-18-7-4-8(19-2)15-11(14-7)16-10(17)6-3-5(12)9(13)20-6/h3-4H,1-2H3,(H,14,15,16,17). The summed E-state index contributed by atoms with van der Waals surface area (Å²) in [7, 11) is 2.95. The van der Waals surface area contributed by atoms with E-state index in [1.54, 1.807) is 6.07 Å². The Bertz CT molecular complexity index is 606. The number of ether oxygens (including phenoxy) is 2. The maximum Gasteiger partial charge on any atom is 0.268 e. The van der Waals surface area contributed by atoms with Gasteiger partial charge in [-0.1, -0.05) is 0 Å². The highest BCUT2D eigenvalue weighted by Gasteiger charge is 2.14. The van der Waals surface area contributed by atoms with Crippen molar-refractivity contribution >= 4 is 55.1 Å². The number of amides is 1. The van der Waals surface area contributed by atoms with Crippen molar-refractivity contribution in [2.24, 2.45) is 0 Å². The molecular weight excluding hydrogens is 414 g/mol. The molecule has 9 heteroatoms. The number of halogens is 2. The monoisotopic (exact) mass is 421 g/mol. The lowest BCUT2D eigenvalue weighted by Crippen LogP contribution is -2.13. The van der Waals surface area contributed by atoms with Crippen LogP contribution in [-0.2, 0) is 0 Å². The first-order valence-electron chi connectivity index (χ1n) is 5.26. The lowest BCUT2D eigenvalue weighted by atomic mass is 10.4. The maximum atomic E-state index is 12.1. The first-order valence-corrected chi connectivity index (χ1v) is 7.67. The molecule has 0 aromatic carbocycles. The molecule has 0 saturated heterocycles. The van der Waals surface area contributed by atoms with E-state index in [4.69, 9.17) is 9.47 Å². The molecule has 0 aliphatic heterocycles. The van der Waals surface area contributed by atoms with E-state index in [1.807, 2.05) is 0 Å². The summed E-state index contributed by atoms with van der Waals surface area (Å²) in [6.45, 7) is 0. The first kappa shape index (κ1) is 15.2. The highest BCUT2D eigenvalue weighted by molar-refractivity contribution is 9.13. The topological polar surface area (TPSA) is 73.3 Å². The third-order valence-corrected chi connectivity index (χ3v) is 5.45. The van der Waals surface area contributed by atoms with E-state index in [1.165, 1.54) is 31.6 Å². The van der Waals surface area contributed by atoms with Gasteiger partial charge in [-0.3, -0.25) is 10.1 Å². The number of carbonyl (C=O) groups is 1. The van der Waals surface area contributed by atoms with E-state index in [2.05, 4.69) is 47.1 Å². The summed E-state index contributed by atoms with van der Waals surface area (Å²) in [5.74, 6) is 0.421. The number of carbonyl (C=O) groups excluding carboxylic acids is 1. The minimum absolute atomic E-state index is 0.117. The third-order valence-electron chi connectivity index (χ3n) is 2.19. The predicted molar refractivity (Wildman–Crippen MR) is 82.8 cm³/mol. The van der Waals surface area contributed by atoms with Crippen molar-refractivity contribution < 1.29 is 14.3 Å². The smallest absolute Gasteiger partial charge is 0.268 e. The number of hydrogen-bond acceptors (Lipinski definition) is 6. The number of aromatic nitrogens is 2. The van der Waals surface area contributed by atoms with Gasteiger partial charge in [0.05, 0.1) is 28.9 Å². The van der Waals surface area contributed by atoms with Crippen LogP contribution in [0.15, 0.2) is 20.4 Å². The van der Waals surface area contributed by atoms with Crippen LogP contribution in [0.2, 0.25) is 0 Å². The largest absolute Gasteiger partial charge is 0.481 e. The second-order valence-electron chi connectivity index (χ2n) is 3.46.